The average molecular weight is 510 g/mol. The molecule has 2 nitrogen and oxygen atoms in total. The third-order valence-electron chi connectivity index (χ3n) is 9.09. The van der Waals surface area contributed by atoms with E-state index in [0.717, 1.165) is 29.8 Å². The minimum atomic E-state index is 0.430. The van der Waals surface area contributed by atoms with E-state index < -0.39 is 0 Å². The molecule has 0 radical (unpaired) electrons. The van der Waals surface area contributed by atoms with E-state index in [1.54, 1.807) is 7.11 Å². The first-order valence-electron chi connectivity index (χ1n) is 14.5. The van der Waals surface area contributed by atoms with Crippen molar-refractivity contribution in [3.63, 3.8) is 0 Å². The normalized spacial score (nSPS) is 18.5. The van der Waals surface area contributed by atoms with Crippen molar-refractivity contribution < 1.29 is 4.74 Å². The number of ether oxygens (including phenoxy) is 1. The molecule has 0 saturated heterocycles. The molecule has 5 aromatic rings. The molecule has 1 fully saturated rings. The molecule has 1 saturated carbocycles. The molecule has 0 amide bonds. The number of nitrogens with zero attached hydrogens (tertiary/aromatic N) is 1. The minimum absolute atomic E-state index is 0.430. The van der Waals surface area contributed by atoms with Crippen molar-refractivity contribution in [2.24, 2.45) is 5.92 Å². The molecule has 1 heterocycles. The molecule has 0 spiro atoms. The van der Waals surface area contributed by atoms with Crippen LogP contribution in [0.3, 0.4) is 0 Å². The van der Waals surface area contributed by atoms with Gasteiger partial charge in [0.2, 0.25) is 0 Å². The van der Waals surface area contributed by atoms with Gasteiger partial charge >= 0.3 is 0 Å². The van der Waals surface area contributed by atoms with Gasteiger partial charge < -0.3 is 4.74 Å². The van der Waals surface area contributed by atoms with Crippen molar-refractivity contribution >= 4 is 10.8 Å². The lowest BCUT2D eigenvalue weighted by Crippen LogP contribution is -2.29. The molecule has 0 unspecified atom stereocenters. The monoisotopic (exact) mass is 509 g/mol. The van der Waals surface area contributed by atoms with Gasteiger partial charge in [-0.2, -0.15) is 0 Å². The molecule has 0 atom stereocenters. The quantitative estimate of drug-likeness (QED) is 0.228. The summed E-state index contributed by atoms with van der Waals surface area (Å²) < 4.78 is 5.95. The summed E-state index contributed by atoms with van der Waals surface area (Å²) in [6, 6.07) is 37.5. The van der Waals surface area contributed by atoms with Crippen LogP contribution in [0, 0.1) is 5.92 Å². The Morgan fingerprint density at radius 3 is 2.13 bits per heavy atom. The first kappa shape index (κ1) is 24.2. The lowest BCUT2D eigenvalue weighted by atomic mass is 9.63. The number of rotatable bonds is 6. The summed E-state index contributed by atoms with van der Waals surface area (Å²) in [5.74, 6) is 2.47. The molecule has 7 rings (SSSR count). The van der Waals surface area contributed by atoms with E-state index in [-0.39, 0.29) is 0 Å². The summed E-state index contributed by atoms with van der Waals surface area (Å²) in [6.45, 7) is 0. The van der Waals surface area contributed by atoms with Crippen molar-refractivity contribution in [2.75, 3.05) is 7.11 Å². The Kier molecular flexibility index (Phi) is 6.40. The number of benzene rings is 4. The van der Waals surface area contributed by atoms with Crippen molar-refractivity contribution in [2.45, 2.75) is 50.4 Å². The smallest absolute Gasteiger partial charge is 0.128 e. The summed E-state index contributed by atoms with van der Waals surface area (Å²) in [5.41, 5.74) is 9.37. The molecule has 2 aliphatic rings. The van der Waals surface area contributed by atoms with E-state index in [9.17, 15) is 0 Å². The minimum Gasteiger partial charge on any atom is -0.496 e. The maximum absolute atomic E-state index is 5.95. The zero-order valence-electron chi connectivity index (χ0n) is 22.6. The second-order valence-electron chi connectivity index (χ2n) is 11.3. The Bertz CT molecular complexity index is 1560. The first-order valence-corrected chi connectivity index (χ1v) is 14.5. The van der Waals surface area contributed by atoms with Crippen LogP contribution in [0.4, 0.5) is 0 Å². The van der Waals surface area contributed by atoms with Crippen LogP contribution in [-0.4, -0.2) is 12.1 Å². The predicted octanol–water partition coefficient (Wildman–Crippen LogP) is 9.11. The van der Waals surface area contributed by atoms with Gasteiger partial charge in [0.15, 0.2) is 0 Å². The summed E-state index contributed by atoms with van der Waals surface area (Å²) in [6.07, 6.45) is 7.09. The number of aryl methyl sites for hydroxylation is 1. The van der Waals surface area contributed by atoms with Crippen LogP contribution in [0.25, 0.3) is 22.0 Å². The highest BCUT2D eigenvalue weighted by Gasteiger charge is 2.38. The van der Waals surface area contributed by atoms with E-state index in [2.05, 4.69) is 103 Å². The van der Waals surface area contributed by atoms with Crippen LogP contribution < -0.4 is 4.74 Å². The van der Waals surface area contributed by atoms with Crippen LogP contribution in [0.15, 0.2) is 103 Å². The number of fused-ring (bicyclic) bond motifs is 2. The first-order chi connectivity index (χ1) is 19.3. The van der Waals surface area contributed by atoms with E-state index in [1.807, 2.05) is 0 Å². The number of hydrogen-bond donors (Lipinski definition) is 0. The van der Waals surface area contributed by atoms with Gasteiger partial charge in [-0.25, -0.2) is 0 Å². The van der Waals surface area contributed by atoms with Crippen molar-refractivity contribution in [3.8, 4) is 17.0 Å². The van der Waals surface area contributed by atoms with Crippen LogP contribution in [-0.2, 0) is 12.8 Å². The molecule has 39 heavy (non-hydrogen) atoms. The Morgan fingerprint density at radius 2 is 1.41 bits per heavy atom. The maximum Gasteiger partial charge on any atom is 0.128 e. The van der Waals surface area contributed by atoms with Gasteiger partial charge in [0.1, 0.15) is 5.75 Å². The fourth-order valence-corrected chi connectivity index (χ4v) is 7.08. The molecular weight excluding hydrogens is 474 g/mol. The zero-order chi connectivity index (χ0) is 26.2. The van der Waals surface area contributed by atoms with Gasteiger partial charge in [0.25, 0.3) is 0 Å². The molecule has 1 aromatic heterocycles. The Labute approximate surface area is 231 Å². The maximum atomic E-state index is 5.95. The molecular formula is C37H35NO. The Balaban J connectivity index is 1.28. The molecule has 0 N–H and O–H groups in total. The second kappa shape index (κ2) is 10.3. The number of hydrogen-bond acceptors (Lipinski definition) is 2. The molecule has 2 aliphatic carbocycles. The third-order valence-corrected chi connectivity index (χ3v) is 9.09. The SMILES string of the molecule is COc1ccc2ccccc2c1-c1nc(C2CC(C(c3ccccc3)c3ccccc3)C2)cc2c1CCCC2. The summed E-state index contributed by atoms with van der Waals surface area (Å²) in [7, 11) is 1.79. The van der Waals surface area contributed by atoms with Gasteiger partial charge in [0.05, 0.1) is 18.4 Å². The Hall–Kier alpha value is -3.91. The number of aromatic nitrogens is 1. The van der Waals surface area contributed by atoms with Gasteiger partial charge in [-0.05, 0) is 89.6 Å². The van der Waals surface area contributed by atoms with Crippen molar-refractivity contribution in [1.82, 2.24) is 4.98 Å². The number of methoxy groups -OCH3 is 1. The molecule has 0 aliphatic heterocycles. The van der Waals surface area contributed by atoms with E-state index in [4.69, 9.17) is 9.72 Å². The highest BCUT2D eigenvalue weighted by atomic mass is 16.5. The summed E-state index contributed by atoms with van der Waals surface area (Å²) in [4.78, 5) is 5.50. The highest BCUT2D eigenvalue weighted by Crippen LogP contribution is 2.51. The average Bonchev–Trinajstić information content (AvgIpc) is 2.98. The fraction of sp³-hybridized carbons (Fsp3) is 0.270. The zero-order valence-corrected chi connectivity index (χ0v) is 22.6. The van der Waals surface area contributed by atoms with Crippen molar-refractivity contribution in [1.29, 1.82) is 0 Å². The molecule has 0 bridgehead atoms. The lowest BCUT2D eigenvalue weighted by Gasteiger charge is -2.41. The van der Waals surface area contributed by atoms with Crippen LogP contribution in [0.1, 0.15) is 65.5 Å². The van der Waals surface area contributed by atoms with Gasteiger partial charge in [-0.3, -0.25) is 4.98 Å². The van der Waals surface area contributed by atoms with Crippen LogP contribution in [0.2, 0.25) is 0 Å². The third kappa shape index (κ3) is 4.42. The number of pyridine rings is 1. The largest absolute Gasteiger partial charge is 0.496 e. The summed E-state index contributed by atoms with van der Waals surface area (Å²) in [5, 5.41) is 2.47. The highest BCUT2D eigenvalue weighted by molar-refractivity contribution is 5.99. The molecule has 4 aromatic carbocycles. The van der Waals surface area contributed by atoms with Gasteiger partial charge in [-0.1, -0.05) is 91.0 Å². The lowest BCUT2D eigenvalue weighted by molar-refractivity contribution is 0.233. The van der Waals surface area contributed by atoms with E-state index in [1.165, 1.54) is 64.4 Å². The standard InChI is InChI=1S/C37H35NO/c1-39-34-21-20-25-12-8-10-18-31(25)36(34)37-32-19-11-9-17-28(32)24-33(38-37)29-22-30(23-29)35(26-13-4-2-5-14-26)27-15-6-3-7-16-27/h2-8,10,12-16,18,20-21,24,29-30,35H,9,11,17,19,22-23H2,1H3. The van der Waals surface area contributed by atoms with Crippen molar-refractivity contribution in [3.05, 3.63) is 131 Å². The predicted molar refractivity (Wildman–Crippen MR) is 161 cm³/mol. The fourth-order valence-electron chi connectivity index (χ4n) is 7.08. The van der Waals surface area contributed by atoms with E-state index in [0.29, 0.717) is 17.8 Å². The van der Waals surface area contributed by atoms with E-state index >= 15 is 0 Å². The van der Waals surface area contributed by atoms with Gasteiger partial charge in [-0.15, -0.1) is 0 Å². The van der Waals surface area contributed by atoms with Gasteiger partial charge in [0, 0.05) is 17.5 Å². The summed E-state index contributed by atoms with van der Waals surface area (Å²) >= 11 is 0. The molecule has 194 valence electrons. The van der Waals surface area contributed by atoms with Crippen LogP contribution >= 0.6 is 0 Å². The Morgan fingerprint density at radius 1 is 0.744 bits per heavy atom. The second-order valence-corrected chi connectivity index (χ2v) is 11.3. The topological polar surface area (TPSA) is 22.1 Å². The molecule has 2 heteroatoms. The van der Waals surface area contributed by atoms with Crippen LogP contribution in [0.5, 0.6) is 5.75 Å².